The molecule has 0 N–H and O–H groups in total. The molecule has 13 rings (SSSR count). The topological polar surface area (TPSA) is 38.5 Å². The number of hydrogen-bond donors (Lipinski definition) is 0. The van der Waals surface area contributed by atoms with Crippen molar-refractivity contribution in [3.63, 3.8) is 0 Å². The Balaban J connectivity index is 1.00. The van der Waals surface area contributed by atoms with E-state index in [2.05, 4.69) is 77.0 Å². The Morgan fingerprint density at radius 2 is 1.01 bits per heavy atom. The molecule has 10 aromatic carbocycles. The van der Waals surface area contributed by atoms with Gasteiger partial charge in [0.25, 0.3) is 0 Å². The second-order valence-electron chi connectivity index (χ2n) is 18.5. The number of aromatic nitrogens is 3. The summed E-state index contributed by atoms with van der Waals surface area (Å²) in [5.41, 5.74) is 10.3. The first-order chi connectivity index (χ1) is 43.2. The molecule has 0 radical (unpaired) electrons. The number of pyridine rings is 1. The van der Waals surface area contributed by atoms with Gasteiger partial charge >= 0.3 is 381 Å². The third-order valence-corrected chi connectivity index (χ3v) is 14.9. The van der Waals surface area contributed by atoms with Crippen LogP contribution in [0.1, 0.15) is 34.5 Å². The molecule has 8 heteroatoms. The first-order valence-electron chi connectivity index (χ1n) is 31.5. The summed E-state index contributed by atoms with van der Waals surface area (Å²) < 4.78 is 126. The van der Waals surface area contributed by atoms with Crippen LogP contribution in [0.5, 0.6) is 11.6 Å². The molecule has 0 aliphatic carbocycles. The van der Waals surface area contributed by atoms with E-state index < -0.39 is 57.3 Å². The van der Waals surface area contributed by atoms with Gasteiger partial charge < -0.3 is 0 Å². The van der Waals surface area contributed by atoms with Gasteiger partial charge in [0.1, 0.15) is 0 Å². The quantitative estimate of drug-likeness (QED) is 0.121. The SMILES string of the molecule is [2H]c1c([2H])c(C([2H])([2H])[2H])c([2H])c([2H])c1B1N(c2ccccc2)c2ccccc2N1c1cc(C([2H])([2H])[2H])c(-c2ccccc2)c(Oc2cccc(-n3[c](=[Pt])n(-c4c(-c5ccc(-c6ccccc6)cc5)cccc4-c4ccc(C([2H])([2H])[2H])cc4)c4ccccc43)c2)n1. The Morgan fingerprint density at radius 3 is 1.68 bits per heavy atom. The summed E-state index contributed by atoms with van der Waals surface area (Å²) in [6.07, 6.45) is 0. The van der Waals surface area contributed by atoms with Crippen molar-refractivity contribution in [2.24, 2.45) is 0 Å². The van der Waals surface area contributed by atoms with Crippen LogP contribution in [0.2, 0.25) is 0 Å². The third kappa shape index (κ3) is 8.83. The fourth-order valence-electron chi connectivity index (χ4n) is 10.4. The Kier molecular flexibility index (Phi) is 9.28. The van der Waals surface area contributed by atoms with Crippen molar-refractivity contribution in [1.29, 1.82) is 0 Å². The van der Waals surface area contributed by atoms with Crippen LogP contribution in [0.25, 0.3) is 66.9 Å². The number of para-hydroxylation sites is 6. The number of fused-ring (bicyclic) bond motifs is 2. The Labute approximate surface area is 479 Å². The van der Waals surface area contributed by atoms with E-state index in [1.807, 2.05) is 132 Å². The van der Waals surface area contributed by atoms with Crippen LogP contribution in [-0.2, 0) is 19.4 Å². The molecular formula is C69H52BN5OPt. The number of ether oxygens (including phenoxy) is 1. The molecule has 0 unspecified atom stereocenters. The van der Waals surface area contributed by atoms with Crippen molar-refractivity contribution in [3.05, 3.63) is 281 Å². The van der Waals surface area contributed by atoms with E-state index in [9.17, 15) is 6.85 Å². The van der Waals surface area contributed by atoms with Gasteiger partial charge in [0.05, 0.1) is 5.48 Å². The first kappa shape index (κ1) is 35.3. The van der Waals surface area contributed by atoms with Crippen LogP contribution in [-0.4, -0.2) is 21.1 Å². The number of benzene rings is 10. The minimum absolute atomic E-state index is 0.0175. The molecule has 0 saturated carbocycles. The monoisotopic (exact) mass is 1190 g/mol. The first-order valence-corrected chi connectivity index (χ1v) is 26.1. The van der Waals surface area contributed by atoms with Gasteiger partial charge in [0, 0.05) is 9.80 Å². The van der Waals surface area contributed by atoms with E-state index in [-0.39, 0.29) is 39.6 Å². The number of rotatable bonds is 11. The molecule has 0 bridgehead atoms. The van der Waals surface area contributed by atoms with E-state index in [1.165, 1.54) is 6.07 Å². The molecule has 0 fully saturated rings. The van der Waals surface area contributed by atoms with Gasteiger partial charge in [-0.1, -0.05) is 60.1 Å². The molecule has 0 atom stereocenters. The average molecular weight is 1190 g/mol. The van der Waals surface area contributed by atoms with Crippen LogP contribution in [0.3, 0.4) is 0 Å². The molecule has 77 heavy (non-hydrogen) atoms. The molecule has 0 spiro atoms. The van der Waals surface area contributed by atoms with Crippen LogP contribution in [0.15, 0.2) is 261 Å². The van der Waals surface area contributed by atoms with E-state index in [0.29, 0.717) is 28.3 Å². The van der Waals surface area contributed by atoms with Crippen LogP contribution >= 0.6 is 0 Å². The molecule has 0 amide bonds. The summed E-state index contributed by atoms with van der Waals surface area (Å²) in [4.78, 5) is 8.75. The number of anilines is 4. The van der Waals surface area contributed by atoms with Crippen molar-refractivity contribution >= 4 is 46.4 Å². The van der Waals surface area contributed by atoms with Crippen molar-refractivity contribution in [2.75, 3.05) is 9.62 Å². The zero-order valence-electron chi connectivity index (χ0n) is 54.1. The summed E-state index contributed by atoms with van der Waals surface area (Å²) in [7, 11) is 0. The van der Waals surface area contributed by atoms with Gasteiger partial charge in [-0.05, 0) is 25.1 Å². The maximum absolute atomic E-state index is 9.53. The second-order valence-corrected chi connectivity index (χ2v) is 19.5. The number of hydrogen-bond acceptors (Lipinski definition) is 4. The van der Waals surface area contributed by atoms with Gasteiger partial charge in [0.2, 0.25) is 0 Å². The number of nitrogens with zero attached hydrogens (tertiary/aromatic N) is 5. The van der Waals surface area contributed by atoms with Gasteiger partial charge in [-0.2, -0.15) is 0 Å². The van der Waals surface area contributed by atoms with Gasteiger partial charge in [-0.15, -0.1) is 0 Å². The van der Waals surface area contributed by atoms with Crippen molar-refractivity contribution in [3.8, 4) is 67.5 Å². The van der Waals surface area contributed by atoms with E-state index in [0.717, 1.165) is 53.9 Å². The summed E-state index contributed by atoms with van der Waals surface area (Å²) in [6.45, 7) is -9.40. The Morgan fingerprint density at radius 1 is 0.468 bits per heavy atom. The normalized spacial score (nSPS) is 15.0. The predicted molar refractivity (Wildman–Crippen MR) is 315 cm³/mol. The molecule has 1 aliphatic rings. The Bertz CT molecular complexity index is 4760. The molecule has 6 nitrogen and oxygen atoms in total. The maximum atomic E-state index is 9.53. The van der Waals surface area contributed by atoms with Crippen molar-refractivity contribution in [2.45, 2.75) is 20.6 Å². The summed E-state index contributed by atoms with van der Waals surface area (Å²) in [6, 6.07) is 71.2. The zero-order valence-corrected chi connectivity index (χ0v) is 43.3. The minimum atomic E-state index is -2.99. The van der Waals surface area contributed by atoms with Crippen LogP contribution < -0.4 is 19.8 Å². The predicted octanol–water partition coefficient (Wildman–Crippen LogP) is 17.0. The van der Waals surface area contributed by atoms with E-state index >= 15 is 0 Å². The molecule has 0 saturated heterocycles. The zero-order chi connectivity index (χ0) is 63.0. The Hall–Kier alpha value is -9.03. The summed E-state index contributed by atoms with van der Waals surface area (Å²) in [5.74, 6) is 0.200. The molecule has 1 aliphatic heterocycles. The number of aryl methyl sites for hydroxylation is 2. The molecular weight excluding hydrogens is 1120 g/mol. The molecule has 372 valence electrons. The van der Waals surface area contributed by atoms with Gasteiger partial charge in [0.15, 0.2) is 0 Å². The van der Waals surface area contributed by atoms with E-state index in [4.69, 9.17) is 20.7 Å². The molecule has 2 aromatic heterocycles. The van der Waals surface area contributed by atoms with Gasteiger partial charge in [-0.3, -0.25) is 0 Å². The molecule has 12 aromatic rings. The van der Waals surface area contributed by atoms with Crippen LogP contribution in [0, 0.1) is 24.4 Å². The summed E-state index contributed by atoms with van der Waals surface area (Å²) in [5, 5.41) is 0. The van der Waals surface area contributed by atoms with Gasteiger partial charge in [-0.25, -0.2) is 0 Å². The fourth-order valence-corrected chi connectivity index (χ4v) is 11.5. The molecule has 3 heterocycles. The van der Waals surface area contributed by atoms with Crippen molar-refractivity contribution in [1.82, 2.24) is 14.1 Å². The van der Waals surface area contributed by atoms with Crippen LogP contribution in [0.4, 0.5) is 22.9 Å². The number of imidazole rings is 1. The third-order valence-electron chi connectivity index (χ3n) is 13.9. The fraction of sp³-hybridized carbons (Fsp3) is 0.0435. The standard InChI is InChI=1S/C69H52BN5O.Pt/c1-48-33-37-53(38-34-48)60-27-18-28-61(54-41-39-52(40-42-54)51-19-7-4-8-20-51)68(60)73-47-72(62-29-13-14-30-63(62)73)58-25-17-26-59(46-58)76-69-67(55-21-9-5-10-22-55)50(3)45-66(71-69)75-65-32-16-15-31-64(65)74(57-23-11-6-12-24-57)70(75)56-43-35-49(2)36-44-56;/h4-46H,1-3H3;/i1D3,2D3,3D3,35D,36D,43D,44D;. The van der Waals surface area contributed by atoms with Crippen molar-refractivity contribution < 1.29 is 41.9 Å². The second kappa shape index (κ2) is 20.3. The average Bonchev–Trinajstić information content (AvgIpc) is 1.52. The summed E-state index contributed by atoms with van der Waals surface area (Å²) >= 11 is 2.34. The van der Waals surface area contributed by atoms with E-state index in [1.54, 1.807) is 59.4 Å².